The van der Waals surface area contributed by atoms with Gasteiger partial charge in [-0.05, 0) is 6.42 Å². The van der Waals surface area contributed by atoms with Gasteiger partial charge in [-0.15, -0.1) is 0 Å². The first-order chi connectivity index (χ1) is 3.77. The standard InChI is InChI=1S/C6H12O2.Sc/c1-2-3-4-5-6(7)8;/h2-5H2,1H3,(H,7,8);. The fraction of sp³-hybridized carbons (Fsp3) is 0.833. The number of carboxylic acids is 1. The van der Waals surface area contributed by atoms with Crippen molar-refractivity contribution in [2.45, 2.75) is 32.6 Å². The van der Waals surface area contributed by atoms with Gasteiger partial charge < -0.3 is 5.11 Å². The molecule has 51 valence electrons. The summed E-state index contributed by atoms with van der Waals surface area (Å²) in [6.45, 7) is 2.06. The molecular formula is C6H12O2Sc. The zero-order valence-electron chi connectivity index (χ0n) is 5.76. The SMILES string of the molecule is CCCCCC(=O)O.[Sc]. The third-order valence-electron chi connectivity index (χ3n) is 0.994. The predicted octanol–water partition coefficient (Wildman–Crippen LogP) is 1.65. The molecule has 0 aliphatic heterocycles. The Morgan fingerprint density at radius 1 is 1.44 bits per heavy atom. The van der Waals surface area contributed by atoms with E-state index in [-0.39, 0.29) is 25.8 Å². The van der Waals surface area contributed by atoms with Crippen molar-refractivity contribution >= 4 is 5.97 Å². The van der Waals surface area contributed by atoms with Crippen molar-refractivity contribution in [3.8, 4) is 0 Å². The average Bonchev–Trinajstić information content (AvgIpc) is 1.66. The molecule has 3 heteroatoms. The Morgan fingerprint density at radius 2 is 2.00 bits per heavy atom. The van der Waals surface area contributed by atoms with Crippen LogP contribution in [-0.2, 0) is 30.6 Å². The van der Waals surface area contributed by atoms with Gasteiger partial charge in [-0.2, -0.15) is 0 Å². The van der Waals surface area contributed by atoms with Crippen LogP contribution in [0.15, 0.2) is 0 Å². The number of rotatable bonds is 4. The molecule has 0 atom stereocenters. The van der Waals surface area contributed by atoms with E-state index < -0.39 is 5.97 Å². The minimum atomic E-state index is -0.682. The van der Waals surface area contributed by atoms with Crippen molar-refractivity contribution in [2.75, 3.05) is 0 Å². The molecule has 0 spiro atoms. The van der Waals surface area contributed by atoms with E-state index in [0.717, 1.165) is 19.3 Å². The van der Waals surface area contributed by atoms with E-state index in [9.17, 15) is 4.79 Å². The molecule has 0 fully saturated rings. The molecule has 0 bridgehead atoms. The van der Waals surface area contributed by atoms with Gasteiger partial charge in [0.2, 0.25) is 0 Å². The van der Waals surface area contributed by atoms with E-state index in [1.54, 1.807) is 0 Å². The van der Waals surface area contributed by atoms with Crippen LogP contribution < -0.4 is 0 Å². The summed E-state index contributed by atoms with van der Waals surface area (Å²) in [5.74, 6) is -0.682. The quantitative estimate of drug-likeness (QED) is 0.636. The number of unbranched alkanes of at least 4 members (excludes halogenated alkanes) is 2. The van der Waals surface area contributed by atoms with Crippen LogP contribution in [-0.4, -0.2) is 11.1 Å². The summed E-state index contributed by atoms with van der Waals surface area (Å²) in [6.07, 6.45) is 3.28. The monoisotopic (exact) mass is 161 g/mol. The van der Waals surface area contributed by atoms with E-state index in [4.69, 9.17) is 5.11 Å². The molecule has 0 saturated carbocycles. The molecule has 0 aromatic carbocycles. The summed E-state index contributed by atoms with van der Waals surface area (Å²) < 4.78 is 0. The summed E-state index contributed by atoms with van der Waals surface area (Å²) in [5, 5.41) is 8.14. The maximum Gasteiger partial charge on any atom is 0.303 e. The number of aliphatic carboxylic acids is 1. The molecule has 0 rings (SSSR count). The summed E-state index contributed by atoms with van der Waals surface area (Å²) in [7, 11) is 0. The molecule has 0 amide bonds. The molecule has 0 saturated heterocycles. The molecule has 0 aromatic rings. The molecular weight excluding hydrogens is 149 g/mol. The first-order valence-electron chi connectivity index (χ1n) is 2.99. The van der Waals surface area contributed by atoms with Crippen molar-refractivity contribution in [3.63, 3.8) is 0 Å². The van der Waals surface area contributed by atoms with Gasteiger partial charge in [0.15, 0.2) is 0 Å². The normalized spacial score (nSPS) is 8.11. The van der Waals surface area contributed by atoms with Gasteiger partial charge in [-0.3, -0.25) is 4.79 Å². The van der Waals surface area contributed by atoms with Crippen molar-refractivity contribution in [1.82, 2.24) is 0 Å². The first-order valence-corrected chi connectivity index (χ1v) is 2.99. The van der Waals surface area contributed by atoms with Crippen molar-refractivity contribution in [1.29, 1.82) is 0 Å². The van der Waals surface area contributed by atoms with Crippen LogP contribution in [0.25, 0.3) is 0 Å². The van der Waals surface area contributed by atoms with Gasteiger partial charge >= 0.3 is 5.97 Å². The second-order valence-electron chi connectivity index (χ2n) is 1.85. The molecule has 1 radical (unpaired) electrons. The number of carboxylic acid groups (broad SMARTS) is 1. The van der Waals surface area contributed by atoms with Crippen LogP contribution in [0.2, 0.25) is 0 Å². The number of hydrogen-bond donors (Lipinski definition) is 1. The van der Waals surface area contributed by atoms with E-state index in [1.165, 1.54) is 0 Å². The largest absolute Gasteiger partial charge is 0.481 e. The molecule has 2 nitrogen and oxygen atoms in total. The zero-order chi connectivity index (χ0) is 6.41. The van der Waals surface area contributed by atoms with Gasteiger partial charge in [0, 0.05) is 32.3 Å². The van der Waals surface area contributed by atoms with Crippen molar-refractivity contribution < 1.29 is 35.7 Å². The predicted molar refractivity (Wildman–Crippen MR) is 31.8 cm³/mol. The zero-order valence-corrected chi connectivity index (χ0v) is 7.56. The fourth-order valence-electron chi connectivity index (χ4n) is 0.526. The Labute approximate surface area is 74.4 Å². The van der Waals surface area contributed by atoms with Crippen LogP contribution in [0.5, 0.6) is 0 Å². The van der Waals surface area contributed by atoms with Gasteiger partial charge in [0.1, 0.15) is 0 Å². The summed E-state index contributed by atoms with van der Waals surface area (Å²) >= 11 is 0. The average molecular weight is 161 g/mol. The minimum Gasteiger partial charge on any atom is -0.481 e. The van der Waals surface area contributed by atoms with E-state index in [0.29, 0.717) is 6.42 Å². The van der Waals surface area contributed by atoms with Crippen LogP contribution in [0, 0.1) is 0 Å². The Bertz CT molecular complexity index is 73.5. The Balaban J connectivity index is 0. The van der Waals surface area contributed by atoms with E-state index in [2.05, 4.69) is 6.92 Å². The van der Waals surface area contributed by atoms with Crippen LogP contribution in [0.4, 0.5) is 0 Å². The molecule has 1 N–H and O–H groups in total. The summed E-state index contributed by atoms with van der Waals surface area (Å²) in [6, 6.07) is 0. The third-order valence-corrected chi connectivity index (χ3v) is 0.994. The van der Waals surface area contributed by atoms with Crippen LogP contribution >= 0.6 is 0 Å². The van der Waals surface area contributed by atoms with Crippen LogP contribution in [0.1, 0.15) is 32.6 Å². The number of hydrogen-bond acceptors (Lipinski definition) is 1. The molecule has 9 heavy (non-hydrogen) atoms. The smallest absolute Gasteiger partial charge is 0.303 e. The maximum absolute atomic E-state index is 9.87. The summed E-state index contributed by atoms with van der Waals surface area (Å²) in [5.41, 5.74) is 0. The first kappa shape index (κ1) is 12.1. The minimum absolute atomic E-state index is 0. The topological polar surface area (TPSA) is 37.3 Å². The van der Waals surface area contributed by atoms with Crippen molar-refractivity contribution in [2.24, 2.45) is 0 Å². The van der Waals surface area contributed by atoms with Gasteiger partial charge in [-0.1, -0.05) is 19.8 Å². The fourth-order valence-corrected chi connectivity index (χ4v) is 0.526. The Morgan fingerprint density at radius 3 is 2.33 bits per heavy atom. The Hall–Kier alpha value is 0.340. The molecule has 0 aliphatic carbocycles. The maximum atomic E-state index is 9.87. The molecule has 0 unspecified atom stereocenters. The van der Waals surface area contributed by atoms with Crippen LogP contribution in [0.3, 0.4) is 0 Å². The van der Waals surface area contributed by atoms with E-state index >= 15 is 0 Å². The van der Waals surface area contributed by atoms with E-state index in [1.807, 2.05) is 0 Å². The van der Waals surface area contributed by atoms with Gasteiger partial charge in [0.25, 0.3) is 0 Å². The molecule has 0 aliphatic rings. The van der Waals surface area contributed by atoms with Crippen molar-refractivity contribution in [3.05, 3.63) is 0 Å². The third kappa shape index (κ3) is 11.8. The molecule has 0 aromatic heterocycles. The molecule has 0 heterocycles. The van der Waals surface area contributed by atoms with Gasteiger partial charge in [-0.25, -0.2) is 0 Å². The van der Waals surface area contributed by atoms with Gasteiger partial charge in [0.05, 0.1) is 0 Å². The second kappa shape index (κ2) is 8.34. The Kier molecular flexibility index (Phi) is 11.2. The second-order valence-corrected chi connectivity index (χ2v) is 1.85. The summed E-state index contributed by atoms with van der Waals surface area (Å²) in [4.78, 5) is 9.87. The number of carbonyl (C=O) groups is 1.